The van der Waals surface area contributed by atoms with Gasteiger partial charge in [0.2, 0.25) is 0 Å². The van der Waals surface area contributed by atoms with Crippen molar-refractivity contribution in [1.82, 2.24) is 9.88 Å². The van der Waals surface area contributed by atoms with Crippen molar-refractivity contribution in [2.45, 2.75) is 20.8 Å². The number of pyridine rings is 1. The first-order valence-electron chi connectivity index (χ1n) is 8.13. The summed E-state index contributed by atoms with van der Waals surface area (Å²) in [4.78, 5) is 6.97. The zero-order chi connectivity index (χ0) is 16.8. The van der Waals surface area contributed by atoms with Crippen molar-refractivity contribution in [2.24, 2.45) is 0 Å². The van der Waals surface area contributed by atoms with Crippen LogP contribution in [0.3, 0.4) is 0 Å². The summed E-state index contributed by atoms with van der Waals surface area (Å²) in [5, 5.41) is 4.43. The lowest BCUT2D eigenvalue weighted by atomic mass is 10.1. The molecule has 0 fully saturated rings. The first kappa shape index (κ1) is 17.3. The molecule has 2 aromatic rings. The molecule has 1 N–H and O–H groups in total. The molecule has 5 nitrogen and oxygen atoms in total. The Balaban J connectivity index is 2.33. The predicted octanol–water partition coefficient (Wildman–Crippen LogP) is 3.31. The number of hydrogen-bond donors (Lipinski definition) is 1. The molecule has 0 bridgehead atoms. The van der Waals surface area contributed by atoms with Crippen LogP contribution in [-0.2, 0) is 0 Å². The second-order valence-corrected chi connectivity index (χ2v) is 5.46. The predicted molar refractivity (Wildman–Crippen MR) is 95.9 cm³/mol. The molecule has 23 heavy (non-hydrogen) atoms. The lowest BCUT2D eigenvalue weighted by Gasteiger charge is -2.20. The number of rotatable bonds is 8. The standard InChI is InChI=1S/C18H27N3O2/c1-6-21(7-2)11-10-19-15-12-16(22-4)17-14(18(15)23-5)9-8-13(3)20-17/h8-9,12,19H,6-7,10-11H2,1-5H3. The maximum atomic E-state index is 5.64. The molecule has 0 amide bonds. The van der Waals surface area contributed by atoms with Gasteiger partial charge in [0.25, 0.3) is 0 Å². The number of anilines is 1. The fourth-order valence-electron chi connectivity index (χ4n) is 2.73. The molecule has 0 unspecified atom stereocenters. The lowest BCUT2D eigenvalue weighted by Crippen LogP contribution is -2.28. The van der Waals surface area contributed by atoms with Gasteiger partial charge in [0.05, 0.1) is 19.9 Å². The van der Waals surface area contributed by atoms with Crippen molar-refractivity contribution in [1.29, 1.82) is 0 Å². The summed E-state index contributed by atoms with van der Waals surface area (Å²) in [7, 11) is 3.36. The number of fused-ring (bicyclic) bond motifs is 1. The third kappa shape index (κ3) is 3.85. The van der Waals surface area contributed by atoms with E-state index in [0.717, 1.165) is 60.0 Å². The van der Waals surface area contributed by atoms with Gasteiger partial charge in [-0.05, 0) is 32.1 Å². The Morgan fingerprint density at radius 3 is 2.48 bits per heavy atom. The van der Waals surface area contributed by atoms with E-state index in [0.29, 0.717) is 0 Å². The van der Waals surface area contributed by atoms with Gasteiger partial charge in [0.15, 0.2) is 5.75 Å². The van der Waals surface area contributed by atoms with Crippen molar-refractivity contribution in [3.8, 4) is 11.5 Å². The maximum Gasteiger partial charge on any atom is 0.151 e. The molecule has 0 atom stereocenters. The number of methoxy groups -OCH3 is 2. The minimum atomic E-state index is 0.759. The quantitative estimate of drug-likeness (QED) is 0.809. The molecule has 126 valence electrons. The van der Waals surface area contributed by atoms with Gasteiger partial charge in [-0.15, -0.1) is 0 Å². The summed E-state index contributed by atoms with van der Waals surface area (Å²) in [5.41, 5.74) is 2.73. The van der Waals surface area contributed by atoms with E-state index in [1.54, 1.807) is 14.2 Å². The molecule has 2 rings (SSSR count). The number of aryl methyl sites for hydroxylation is 1. The molecule has 0 aliphatic heterocycles. The Hall–Kier alpha value is -2.01. The van der Waals surface area contributed by atoms with Crippen molar-refractivity contribution in [3.05, 3.63) is 23.9 Å². The Morgan fingerprint density at radius 2 is 1.87 bits per heavy atom. The van der Waals surface area contributed by atoms with E-state index >= 15 is 0 Å². The highest BCUT2D eigenvalue weighted by molar-refractivity contribution is 5.95. The van der Waals surface area contributed by atoms with Gasteiger partial charge in [-0.25, -0.2) is 4.98 Å². The summed E-state index contributed by atoms with van der Waals surface area (Å²) in [6.45, 7) is 10.3. The van der Waals surface area contributed by atoms with E-state index in [2.05, 4.69) is 29.0 Å². The molecule has 0 aliphatic rings. The highest BCUT2D eigenvalue weighted by atomic mass is 16.5. The van der Waals surface area contributed by atoms with Gasteiger partial charge in [-0.3, -0.25) is 0 Å². The summed E-state index contributed by atoms with van der Waals surface area (Å²) in [6, 6.07) is 5.99. The molecule has 0 saturated heterocycles. The summed E-state index contributed by atoms with van der Waals surface area (Å²) >= 11 is 0. The van der Waals surface area contributed by atoms with Crippen molar-refractivity contribution < 1.29 is 9.47 Å². The Bertz CT molecular complexity index is 654. The van der Waals surface area contributed by atoms with Gasteiger partial charge < -0.3 is 19.7 Å². The van der Waals surface area contributed by atoms with Crippen molar-refractivity contribution in [2.75, 3.05) is 45.7 Å². The molecule has 1 heterocycles. The van der Waals surface area contributed by atoms with Crippen molar-refractivity contribution in [3.63, 3.8) is 0 Å². The fourth-order valence-corrected chi connectivity index (χ4v) is 2.73. The topological polar surface area (TPSA) is 46.6 Å². The minimum absolute atomic E-state index is 0.759. The van der Waals surface area contributed by atoms with Gasteiger partial charge in [-0.1, -0.05) is 13.8 Å². The monoisotopic (exact) mass is 317 g/mol. The zero-order valence-electron chi connectivity index (χ0n) is 14.8. The SMILES string of the molecule is CCN(CC)CCNc1cc(OC)c2nc(C)ccc2c1OC. The number of benzene rings is 1. The van der Waals surface area contributed by atoms with Gasteiger partial charge >= 0.3 is 0 Å². The first-order chi connectivity index (χ1) is 11.1. The third-order valence-electron chi connectivity index (χ3n) is 4.09. The molecular weight excluding hydrogens is 290 g/mol. The van der Waals surface area contributed by atoms with Gasteiger partial charge in [0.1, 0.15) is 11.3 Å². The zero-order valence-corrected chi connectivity index (χ0v) is 14.8. The van der Waals surface area contributed by atoms with E-state index in [4.69, 9.17) is 9.47 Å². The third-order valence-corrected chi connectivity index (χ3v) is 4.09. The molecule has 1 aromatic carbocycles. The second kappa shape index (κ2) is 8.02. The maximum absolute atomic E-state index is 5.64. The number of hydrogen-bond acceptors (Lipinski definition) is 5. The Labute approximate surface area is 138 Å². The number of nitrogens with zero attached hydrogens (tertiary/aromatic N) is 2. The lowest BCUT2D eigenvalue weighted by molar-refractivity contribution is 0.316. The smallest absolute Gasteiger partial charge is 0.151 e. The summed E-state index contributed by atoms with van der Waals surface area (Å²) in [5.74, 6) is 1.57. The van der Waals surface area contributed by atoms with E-state index in [1.165, 1.54) is 0 Å². The molecule has 0 aliphatic carbocycles. The largest absolute Gasteiger partial charge is 0.494 e. The first-order valence-corrected chi connectivity index (χ1v) is 8.13. The van der Waals surface area contributed by atoms with Crippen LogP contribution >= 0.6 is 0 Å². The van der Waals surface area contributed by atoms with Crippen LogP contribution in [0.25, 0.3) is 10.9 Å². The van der Waals surface area contributed by atoms with Crippen LogP contribution in [0, 0.1) is 6.92 Å². The molecular formula is C18H27N3O2. The number of ether oxygens (including phenoxy) is 2. The van der Waals surface area contributed by atoms with E-state index in [9.17, 15) is 0 Å². The van der Waals surface area contributed by atoms with Gasteiger partial charge in [-0.2, -0.15) is 0 Å². The van der Waals surface area contributed by atoms with Crippen LogP contribution in [0.1, 0.15) is 19.5 Å². The molecule has 0 spiro atoms. The average molecular weight is 317 g/mol. The number of nitrogens with one attached hydrogen (secondary N) is 1. The van der Waals surface area contributed by atoms with E-state index in [1.807, 2.05) is 25.1 Å². The van der Waals surface area contributed by atoms with Crippen LogP contribution in [0.2, 0.25) is 0 Å². The summed E-state index contributed by atoms with van der Waals surface area (Å²) in [6.07, 6.45) is 0. The van der Waals surface area contributed by atoms with Crippen molar-refractivity contribution >= 4 is 16.6 Å². The van der Waals surface area contributed by atoms with Crippen LogP contribution in [-0.4, -0.2) is 50.3 Å². The Morgan fingerprint density at radius 1 is 1.13 bits per heavy atom. The van der Waals surface area contributed by atoms with Crippen LogP contribution < -0.4 is 14.8 Å². The van der Waals surface area contributed by atoms with Crippen LogP contribution in [0.4, 0.5) is 5.69 Å². The highest BCUT2D eigenvalue weighted by Crippen LogP contribution is 2.39. The second-order valence-electron chi connectivity index (χ2n) is 5.46. The van der Waals surface area contributed by atoms with E-state index < -0.39 is 0 Å². The molecule has 0 saturated carbocycles. The fraction of sp³-hybridized carbons (Fsp3) is 0.500. The van der Waals surface area contributed by atoms with Gasteiger partial charge in [0, 0.05) is 30.2 Å². The molecule has 1 aromatic heterocycles. The highest BCUT2D eigenvalue weighted by Gasteiger charge is 2.14. The Kier molecular flexibility index (Phi) is 6.04. The number of aromatic nitrogens is 1. The number of likely N-dealkylation sites (N-methyl/N-ethyl adjacent to an activating group) is 1. The van der Waals surface area contributed by atoms with Crippen LogP contribution in [0.15, 0.2) is 18.2 Å². The summed E-state index contributed by atoms with van der Waals surface area (Å²) < 4.78 is 11.2. The normalized spacial score (nSPS) is 11.0. The van der Waals surface area contributed by atoms with Crippen LogP contribution in [0.5, 0.6) is 11.5 Å². The molecule has 5 heteroatoms. The minimum Gasteiger partial charge on any atom is -0.494 e. The van der Waals surface area contributed by atoms with E-state index in [-0.39, 0.29) is 0 Å². The molecule has 0 radical (unpaired) electrons. The average Bonchev–Trinajstić information content (AvgIpc) is 2.57.